The average molecular weight is 284 g/mol. The molecule has 0 heterocycles. The van der Waals surface area contributed by atoms with Gasteiger partial charge in [0.1, 0.15) is 0 Å². The molecule has 1 aromatic rings. The van der Waals surface area contributed by atoms with Crippen LogP contribution in [0.25, 0.3) is 0 Å². The van der Waals surface area contributed by atoms with Crippen LogP contribution in [-0.4, -0.2) is 24.6 Å². The number of benzene rings is 1. The maximum atomic E-state index is 6.02. The van der Waals surface area contributed by atoms with Crippen LogP contribution < -0.4 is 5.32 Å². The molecule has 1 fully saturated rings. The van der Waals surface area contributed by atoms with Crippen LogP contribution in [0.15, 0.2) is 24.3 Å². The second-order valence-electron chi connectivity index (χ2n) is 5.07. The summed E-state index contributed by atoms with van der Waals surface area (Å²) in [4.78, 5) is 0. The standard InChI is InChI=1S/C15H22ClNS/c1-18-8-3-2-7-17-15-10-13(11-15)12-5-4-6-14(16)9-12/h4-6,9,13,15,17H,2-3,7-8,10-11H2,1H3. The van der Waals surface area contributed by atoms with Crippen molar-refractivity contribution in [3.8, 4) is 0 Å². The van der Waals surface area contributed by atoms with Crippen LogP contribution in [0, 0.1) is 0 Å². The smallest absolute Gasteiger partial charge is 0.0408 e. The number of nitrogens with one attached hydrogen (secondary N) is 1. The molecule has 0 saturated heterocycles. The normalized spacial score (nSPS) is 22.8. The summed E-state index contributed by atoms with van der Waals surface area (Å²) in [6.07, 6.45) is 7.35. The van der Waals surface area contributed by atoms with E-state index in [1.165, 1.54) is 43.5 Å². The molecule has 18 heavy (non-hydrogen) atoms. The van der Waals surface area contributed by atoms with E-state index in [1.807, 2.05) is 17.8 Å². The van der Waals surface area contributed by atoms with Gasteiger partial charge in [-0.25, -0.2) is 0 Å². The van der Waals surface area contributed by atoms with Crippen molar-refractivity contribution in [3.63, 3.8) is 0 Å². The average Bonchev–Trinajstić information content (AvgIpc) is 2.31. The molecule has 1 saturated carbocycles. The molecule has 0 aliphatic heterocycles. The van der Waals surface area contributed by atoms with Gasteiger partial charge >= 0.3 is 0 Å². The monoisotopic (exact) mass is 283 g/mol. The highest BCUT2D eigenvalue weighted by molar-refractivity contribution is 7.98. The molecule has 1 N–H and O–H groups in total. The van der Waals surface area contributed by atoms with Crippen LogP contribution in [0.5, 0.6) is 0 Å². The third-order valence-electron chi connectivity index (χ3n) is 3.67. The third-order valence-corrected chi connectivity index (χ3v) is 4.60. The largest absolute Gasteiger partial charge is 0.314 e. The van der Waals surface area contributed by atoms with E-state index in [0.717, 1.165) is 11.1 Å². The Bertz CT molecular complexity index is 363. The molecule has 1 aliphatic carbocycles. The number of rotatable bonds is 7. The van der Waals surface area contributed by atoms with Crippen LogP contribution in [0.4, 0.5) is 0 Å². The maximum Gasteiger partial charge on any atom is 0.0408 e. The first-order valence-corrected chi connectivity index (χ1v) is 8.54. The highest BCUT2D eigenvalue weighted by atomic mass is 35.5. The van der Waals surface area contributed by atoms with Crippen molar-refractivity contribution in [1.29, 1.82) is 0 Å². The fourth-order valence-electron chi connectivity index (χ4n) is 2.49. The molecule has 0 spiro atoms. The lowest BCUT2D eigenvalue weighted by Gasteiger charge is -2.36. The Morgan fingerprint density at radius 3 is 2.89 bits per heavy atom. The quantitative estimate of drug-likeness (QED) is 0.748. The number of hydrogen-bond acceptors (Lipinski definition) is 2. The Kier molecular flexibility index (Phi) is 5.87. The van der Waals surface area contributed by atoms with E-state index < -0.39 is 0 Å². The first-order chi connectivity index (χ1) is 8.79. The lowest BCUT2D eigenvalue weighted by molar-refractivity contribution is 0.290. The van der Waals surface area contributed by atoms with Gasteiger partial charge in [-0.1, -0.05) is 23.7 Å². The molecule has 1 aromatic carbocycles. The van der Waals surface area contributed by atoms with Crippen LogP contribution >= 0.6 is 23.4 Å². The first-order valence-electron chi connectivity index (χ1n) is 6.77. The summed E-state index contributed by atoms with van der Waals surface area (Å²) in [6.45, 7) is 1.17. The number of thioether (sulfide) groups is 1. The molecular weight excluding hydrogens is 262 g/mol. The summed E-state index contributed by atoms with van der Waals surface area (Å²) in [5.74, 6) is 2.00. The van der Waals surface area contributed by atoms with Gasteiger partial charge < -0.3 is 5.32 Å². The predicted molar refractivity (Wildman–Crippen MR) is 82.8 cm³/mol. The van der Waals surface area contributed by atoms with E-state index in [9.17, 15) is 0 Å². The minimum absolute atomic E-state index is 0.715. The Hall–Kier alpha value is -0.180. The molecule has 0 radical (unpaired) electrons. The maximum absolute atomic E-state index is 6.02. The van der Waals surface area contributed by atoms with Crippen LogP contribution in [0.1, 0.15) is 37.2 Å². The van der Waals surface area contributed by atoms with Gasteiger partial charge in [-0.3, -0.25) is 0 Å². The molecule has 1 nitrogen and oxygen atoms in total. The Morgan fingerprint density at radius 2 is 2.17 bits per heavy atom. The van der Waals surface area contributed by atoms with Crippen molar-refractivity contribution in [3.05, 3.63) is 34.9 Å². The molecule has 2 rings (SSSR count). The van der Waals surface area contributed by atoms with Gasteiger partial charge in [0, 0.05) is 11.1 Å². The summed E-state index contributed by atoms with van der Waals surface area (Å²) in [5, 5.41) is 4.51. The van der Waals surface area contributed by atoms with Gasteiger partial charge in [0.15, 0.2) is 0 Å². The molecule has 3 heteroatoms. The molecule has 0 unspecified atom stereocenters. The SMILES string of the molecule is CSCCCCNC1CC(c2cccc(Cl)c2)C1. The summed E-state index contributed by atoms with van der Waals surface area (Å²) in [5.41, 5.74) is 1.41. The Morgan fingerprint density at radius 1 is 1.33 bits per heavy atom. The zero-order valence-electron chi connectivity index (χ0n) is 11.0. The van der Waals surface area contributed by atoms with Crippen LogP contribution in [-0.2, 0) is 0 Å². The fraction of sp³-hybridized carbons (Fsp3) is 0.600. The lowest BCUT2D eigenvalue weighted by atomic mass is 9.76. The summed E-state index contributed by atoms with van der Waals surface area (Å²) >= 11 is 7.96. The second-order valence-corrected chi connectivity index (χ2v) is 6.50. The van der Waals surface area contributed by atoms with Crippen molar-refractivity contribution >= 4 is 23.4 Å². The van der Waals surface area contributed by atoms with Crippen molar-refractivity contribution in [2.45, 2.75) is 37.6 Å². The van der Waals surface area contributed by atoms with E-state index in [2.05, 4.69) is 29.8 Å². The minimum atomic E-state index is 0.715. The van der Waals surface area contributed by atoms with Gasteiger partial charge in [0.05, 0.1) is 0 Å². The molecule has 0 aromatic heterocycles. The van der Waals surface area contributed by atoms with E-state index in [1.54, 1.807) is 0 Å². The third kappa shape index (κ3) is 4.18. The zero-order chi connectivity index (χ0) is 12.8. The number of unbranched alkanes of at least 4 members (excludes halogenated alkanes) is 1. The Balaban J connectivity index is 1.62. The molecule has 0 bridgehead atoms. The second kappa shape index (κ2) is 7.42. The topological polar surface area (TPSA) is 12.0 Å². The highest BCUT2D eigenvalue weighted by Crippen LogP contribution is 2.37. The Labute approximate surface area is 120 Å². The lowest BCUT2D eigenvalue weighted by Crippen LogP contribution is -2.40. The zero-order valence-corrected chi connectivity index (χ0v) is 12.6. The van der Waals surface area contributed by atoms with Gasteiger partial charge in [0.25, 0.3) is 0 Å². The van der Waals surface area contributed by atoms with E-state index in [-0.39, 0.29) is 0 Å². The van der Waals surface area contributed by atoms with Crippen molar-refractivity contribution in [1.82, 2.24) is 5.32 Å². The van der Waals surface area contributed by atoms with Crippen LogP contribution in [0.3, 0.4) is 0 Å². The fourth-order valence-corrected chi connectivity index (χ4v) is 3.19. The van der Waals surface area contributed by atoms with Crippen LogP contribution in [0.2, 0.25) is 5.02 Å². The van der Waals surface area contributed by atoms with Gasteiger partial charge in [-0.2, -0.15) is 11.8 Å². The number of hydrogen-bond donors (Lipinski definition) is 1. The predicted octanol–water partition coefficient (Wildman–Crippen LogP) is 4.32. The molecule has 100 valence electrons. The van der Waals surface area contributed by atoms with E-state index in [4.69, 9.17) is 11.6 Å². The number of halogens is 1. The van der Waals surface area contributed by atoms with Gasteiger partial charge in [0.2, 0.25) is 0 Å². The molecule has 0 atom stereocenters. The molecular formula is C15H22ClNS. The van der Waals surface area contributed by atoms with Crippen molar-refractivity contribution in [2.75, 3.05) is 18.6 Å². The minimum Gasteiger partial charge on any atom is -0.314 e. The van der Waals surface area contributed by atoms with Crippen molar-refractivity contribution in [2.24, 2.45) is 0 Å². The highest BCUT2D eigenvalue weighted by Gasteiger charge is 2.29. The first kappa shape index (κ1) is 14.2. The van der Waals surface area contributed by atoms with Gasteiger partial charge in [-0.15, -0.1) is 0 Å². The van der Waals surface area contributed by atoms with Crippen molar-refractivity contribution < 1.29 is 0 Å². The summed E-state index contributed by atoms with van der Waals surface area (Å²) in [7, 11) is 0. The molecule has 1 aliphatic rings. The van der Waals surface area contributed by atoms with E-state index >= 15 is 0 Å². The summed E-state index contributed by atoms with van der Waals surface area (Å²) < 4.78 is 0. The van der Waals surface area contributed by atoms with Gasteiger partial charge in [-0.05, 0) is 67.9 Å². The summed E-state index contributed by atoms with van der Waals surface area (Å²) in [6, 6.07) is 9.04. The van der Waals surface area contributed by atoms with E-state index in [0.29, 0.717) is 5.92 Å². The molecule has 0 amide bonds.